The van der Waals surface area contributed by atoms with Crippen LogP contribution in [-0.2, 0) is 14.3 Å². The molecule has 0 fully saturated rings. The summed E-state index contributed by atoms with van der Waals surface area (Å²) in [5.74, 6) is -2.44. The first kappa shape index (κ1) is 30.3. The second-order valence-corrected chi connectivity index (χ2v) is 7.99. The fraction of sp³-hybridized carbons (Fsp3) is 0.500. The minimum atomic E-state index is -1.59. The van der Waals surface area contributed by atoms with Crippen LogP contribution in [0.1, 0.15) is 70.6 Å². The summed E-state index contributed by atoms with van der Waals surface area (Å²) in [4.78, 5) is 24.6. The number of rotatable bonds is 22. The Morgan fingerprint density at radius 3 is 1.48 bits per heavy atom. The van der Waals surface area contributed by atoms with E-state index < -0.39 is 23.5 Å². The maximum Gasteiger partial charge on any atom is 0.334 e. The summed E-state index contributed by atoms with van der Waals surface area (Å²) in [6.07, 6.45) is 23.1. The van der Waals surface area contributed by atoms with Gasteiger partial charge in [0.2, 0.25) is 0 Å². The maximum atomic E-state index is 12.4. The van der Waals surface area contributed by atoms with E-state index in [0.29, 0.717) is 0 Å². The maximum absolute atomic E-state index is 12.4. The fourth-order valence-electron chi connectivity index (χ4n) is 3.35. The number of allylic oxidation sites excluding steroid dienone is 8. The molecule has 0 heterocycles. The molecule has 5 heteroatoms. The van der Waals surface area contributed by atoms with Gasteiger partial charge >= 0.3 is 11.9 Å². The SMILES string of the molecule is C=CCCCC=CCOC(C(=O)O)C(CC=CCCCC=C)(CC=CCCCC=C)C(=O)O. The molecule has 0 aliphatic heterocycles. The molecule has 0 spiro atoms. The molecule has 0 aliphatic rings. The number of hydrogen-bond acceptors (Lipinski definition) is 3. The summed E-state index contributed by atoms with van der Waals surface area (Å²) in [7, 11) is 0. The zero-order valence-corrected chi connectivity index (χ0v) is 20.0. The van der Waals surface area contributed by atoms with Crippen LogP contribution in [0, 0.1) is 5.41 Å². The first-order chi connectivity index (χ1) is 16.0. The average molecular weight is 459 g/mol. The largest absolute Gasteiger partial charge is 0.481 e. The van der Waals surface area contributed by atoms with Crippen molar-refractivity contribution in [2.75, 3.05) is 6.61 Å². The normalized spacial score (nSPS) is 14.4. The van der Waals surface area contributed by atoms with Crippen molar-refractivity contribution in [2.24, 2.45) is 5.41 Å². The van der Waals surface area contributed by atoms with Crippen molar-refractivity contribution in [1.82, 2.24) is 0 Å². The minimum Gasteiger partial charge on any atom is -0.481 e. The summed E-state index contributed by atoms with van der Waals surface area (Å²) >= 11 is 0. The number of carboxylic acid groups (broad SMARTS) is 2. The van der Waals surface area contributed by atoms with Gasteiger partial charge in [0.05, 0.1) is 6.61 Å². The van der Waals surface area contributed by atoms with Crippen molar-refractivity contribution in [3.8, 4) is 0 Å². The van der Waals surface area contributed by atoms with Gasteiger partial charge in [-0.2, -0.15) is 0 Å². The van der Waals surface area contributed by atoms with Crippen molar-refractivity contribution in [3.63, 3.8) is 0 Å². The smallest absolute Gasteiger partial charge is 0.334 e. The van der Waals surface area contributed by atoms with Gasteiger partial charge in [0.25, 0.3) is 0 Å². The Kier molecular flexibility index (Phi) is 18.4. The molecule has 0 saturated heterocycles. The predicted molar refractivity (Wildman–Crippen MR) is 136 cm³/mol. The van der Waals surface area contributed by atoms with Gasteiger partial charge in [-0.15, -0.1) is 19.7 Å². The van der Waals surface area contributed by atoms with Crippen LogP contribution in [0.15, 0.2) is 74.4 Å². The lowest BCUT2D eigenvalue weighted by molar-refractivity contribution is -0.174. The summed E-state index contributed by atoms with van der Waals surface area (Å²) in [6, 6.07) is 0. The summed E-state index contributed by atoms with van der Waals surface area (Å²) in [6.45, 7) is 11.1. The molecule has 0 saturated carbocycles. The molecule has 0 bridgehead atoms. The van der Waals surface area contributed by atoms with Crippen LogP contribution in [0.25, 0.3) is 0 Å². The molecule has 1 atom stereocenters. The monoisotopic (exact) mass is 458 g/mol. The van der Waals surface area contributed by atoms with E-state index in [-0.39, 0.29) is 19.4 Å². The number of carboxylic acids is 2. The molecule has 1 unspecified atom stereocenters. The first-order valence-electron chi connectivity index (χ1n) is 11.8. The zero-order chi connectivity index (χ0) is 24.8. The van der Waals surface area contributed by atoms with Gasteiger partial charge in [0.15, 0.2) is 6.10 Å². The zero-order valence-electron chi connectivity index (χ0n) is 20.0. The number of unbranched alkanes of at least 4 members (excludes halogenated alkanes) is 6. The van der Waals surface area contributed by atoms with Gasteiger partial charge in [-0.1, -0.05) is 54.7 Å². The van der Waals surface area contributed by atoms with E-state index in [1.807, 2.05) is 36.5 Å². The first-order valence-corrected chi connectivity index (χ1v) is 11.8. The topological polar surface area (TPSA) is 83.8 Å². The van der Waals surface area contributed by atoms with Crippen LogP contribution >= 0.6 is 0 Å². The van der Waals surface area contributed by atoms with Crippen molar-refractivity contribution in [2.45, 2.75) is 76.7 Å². The second-order valence-electron chi connectivity index (χ2n) is 7.99. The van der Waals surface area contributed by atoms with Crippen LogP contribution in [-0.4, -0.2) is 34.9 Å². The lowest BCUT2D eigenvalue weighted by Gasteiger charge is -2.33. The quantitative estimate of drug-likeness (QED) is 0.134. The fourth-order valence-corrected chi connectivity index (χ4v) is 3.35. The molecular formula is C28H42O5. The van der Waals surface area contributed by atoms with Gasteiger partial charge < -0.3 is 14.9 Å². The second kappa shape index (κ2) is 20.0. The predicted octanol–water partition coefficient (Wildman–Crippen LogP) is 7.04. The molecule has 0 aromatic heterocycles. The third-order valence-corrected chi connectivity index (χ3v) is 5.31. The molecule has 184 valence electrons. The summed E-state index contributed by atoms with van der Waals surface area (Å²) in [5, 5.41) is 20.0. The molecule has 0 aromatic rings. The van der Waals surface area contributed by atoms with Gasteiger partial charge in [-0.3, -0.25) is 4.79 Å². The molecule has 0 amide bonds. The highest BCUT2D eigenvalue weighted by molar-refractivity contribution is 5.85. The Morgan fingerprint density at radius 1 is 0.697 bits per heavy atom. The molecule has 2 N–H and O–H groups in total. The molecule has 0 aliphatic carbocycles. The third-order valence-electron chi connectivity index (χ3n) is 5.31. The van der Waals surface area contributed by atoms with Gasteiger partial charge in [0.1, 0.15) is 5.41 Å². The van der Waals surface area contributed by atoms with Crippen LogP contribution < -0.4 is 0 Å². The van der Waals surface area contributed by atoms with Crippen molar-refractivity contribution in [1.29, 1.82) is 0 Å². The highest BCUT2D eigenvalue weighted by Crippen LogP contribution is 2.35. The highest BCUT2D eigenvalue weighted by atomic mass is 16.5. The van der Waals surface area contributed by atoms with Crippen molar-refractivity contribution < 1.29 is 24.5 Å². The Labute approximate surface area is 199 Å². The van der Waals surface area contributed by atoms with E-state index in [1.165, 1.54) is 0 Å². The summed E-state index contributed by atoms with van der Waals surface area (Å²) in [5.41, 5.74) is -1.59. The van der Waals surface area contributed by atoms with E-state index in [0.717, 1.165) is 57.8 Å². The van der Waals surface area contributed by atoms with Gasteiger partial charge in [-0.25, -0.2) is 4.79 Å². The van der Waals surface area contributed by atoms with E-state index in [4.69, 9.17) is 4.74 Å². The summed E-state index contributed by atoms with van der Waals surface area (Å²) < 4.78 is 5.65. The van der Waals surface area contributed by atoms with Crippen molar-refractivity contribution >= 4 is 11.9 Å². The van der Waals surface area contributed by atoms with Gasteiger partial charge in [-0.05, 0) is 70.6 Å². The van der Waals surface area contributed by atoms with E-state index in [2.05, 4.69) is 19.7 Å². The Balaban J connectivity index is 5.49. The van der Waals surface area contributed by atoms with Crippen LogP contribution in [0.2, 0.25) is 0 Å². The lowest BCUT2D eigenvalue weighted by atomic mass is 9.75. The number of hydrogen-bond donors (Lipinski definition) is 2. The Bertz CT molecular complexity index is 646. The van der Waals surface area contributed by atoms with Crippen LogP contribution in [0.3, 0.4) is 0 Å². The van der Waals surface area contributed by atoms with Crippen molar-refractivity contribution in [3.05, 3.63) is 74.4 Å². The molecule has 0 radical (unpaired) electrons. The van der Waals surface area contributed by atoms with E-state index in [9.17, 15) is 19.8 Å². The number of aliphatic carboxylic acids is 2. The van der Waals surface area contributed by atoms with E-state index >= 15 is 0 Å². The Morgan fingerprint density at radius 2 is 1.12 bits per heavy atom. The molecule has 0 aromatic carbocycles. The minimum absolute atomic E-state index is 0.0478. The molecule has 0 rings (SSSR count). The molecule has 5 nitrogen and oxygen atoms in total. The lowest BCUT2D eigenvalue weighted by Crippen LogP contribution is -2.48. The van der Waals surface area contributed by atoms with Gasteiger partial charge in [0, 0.05) is 0 Å². The highest BCUT2D eigenvalue weighted by Gasteiger charge is 2.49. The standard InChI is InChI=1S/C28H42O5/c1-4-7-10-13-16-19-22-28(27(31)32,23-20-17-14-11-8-5-2)25(26(29)30)33-24-21-18-15-12-9-6-3/h4-6,16-21,25H,1-3,7-15,22-24H2,(H,29,30)(H,31,32). The molecule has 33 heavy (non-hydrogen) atoms. The van der Waals surface area contributed by atoms with Crippen LogP contribution in [0.4, 0.5) is 0 Å². The number of ether oxygens (including phenoxy) is 1. The number of carbonyl (C=O) groups is 2. The molecular weight excluding hydrogens is 416 g/mol. The Hall–Kier alpha value is -2.66. The van der Waals surface area contributed by atoms with Crippen LogP contribution in [0.5, 0.6) is 0 Å². The third kappa shape index (κ3) is 13.5. The van der Waals surface area contributed by atoms with E-state index in [1.54, 1.807) is 18.2 Å². The average Bonchev–Trinajstić information content (AvgIpc) is 2.79.